The van der Waals surface area contributed by atoms with E-state index in [4.69, 9.17) is 0 Å². The molecule has 4 rings (SSSR count). The van der Waals surface area contributed by atoms with Crippen molar-refractivity contribution < 1.29 is 4.79 Å². The molecule has 0 amide bonds. The molecule has 1 fully saturated rings. The highest BCUT2D eigenvalue weighted by Gasteiger charge is 2.33. The van der Waals surface area contributed by atoms with E-state index in [-0.39, 0.29) is 11.7 Å². The third-order valence-corrected chi connectivity index (χ3v) is 5.15. The topological polar surface area (TPSA) is 17.1 Å². The summed E-state index contributed by atoms with van der Waals surface area (Å²) in [4.78, 5) is 12.9. The average molecular weight is 422 g/mol. The van der Waals surface area contributed by atoms with Crippen molar-refractivity contribution in [2.75, 3.05) is 0 Å². The number of benzene rings is 3. The average Bonchev–Trinajstić information content (AvgIpc) is 3.45. The zero-order chi connectivity index (χ0) is 16.5. The molecule has 0 unspecified atom stereocenters. The molecule has 1 aliphatic carbocycles. The molecule has 0 spiro atoms. The molecule has 1 aliphatic rings. The zero-order valence-electron chi connectivity index (χ0n) is 13.1. The third-order valence-electron chi connectivity index (χ3n) is 4.30. The summed E-state index contributed by atoms with van der Waals surface area (Å²) in [6.07, 6.45) is 2.01. The van der Waals surface area contributed by atoms with Crippen LogP contribution in [0.3, 0.4) is 0 Å². The van der Waals surface area contributed by atoms with Gasteiger partial charge in [-0.3, -0.25) is 4.79 Å². The van der Waals surface area contributed by atoms with Crippen molar-refractivity contribution in [1.82, 2.24) is 0 Å². The van der Waals surface area contributed by atoms with Crippen molar-refractivity contribution in [3.8, 4) is 11.8 Å². The number of ketones is 1. The lowest BCUT2D eigenvalue weighted by Gasteiger charge is -2.10. The highest BCUT2D eigenvalue weighted by Crippen LogP contribution is 2.37. The van der Waals surface area contributed by atoms with Gasteiger partial charge in [0.05, 0.1) is 0 Å². The number of rotatable bonds is 2. The molecule has 1 nitrogen and oxygen atoms in total. The minimum atomic E-state index is 0.184. The van der Waals surface area contributed by atoms with Crippen LogP contribution in [-0.4, -0.2) is 5.78 Å². The number of halogens is 1. The minimum Gasteiger partial charge on any atom is -0.294 e. The van der Waals surface area contributed by atoms with Gasteiger partial charge in [-0.1, -0.05) is 54.3 Å². The fourth-order valence-electron chi connectivity index (χ4n) is 2.90. The van der Waals surface area contributed by atoms with Gasteiger partial charge in [-0.2, -0.15) is 0 Å². The first-order valence-electron chi connectivity index (χ1n) is 8.06. The van der Waals surface area contributed by atoms with Crippen molar-refractivity contribution in [2.24, 2.45) is 5.92 Å². The van der Waals surface area contributed by atoms with E-state index < -0.39 is 0 Å². The van der Waals surface area contributed by atoms with Crippen LogP contribution in [0, 0.1) is 21.3 Å². The van der Waals surface area contributed by atoms with Gasteiger partial charge >= 0.3 is 0 Å². The SMILES string of the molecule is O=C(c1c(C#Cc2ccccc2)c(I)cc2ccccc12)C1CC1. The van der Waals surface area contributed by atoms with Crippen LogP contribution in [0.15, 0.2) is 60.7 Å². The van der Waals surface area contributed by atoms with E-state index in [2.05, 4.69) is 46.6 Å². The maximum atomic E-state index is 12.9. The summed E-state index contributed by atoms with van der Waals surface area (Å²) in [6, 6.07) is 20.1. The molecule has 0 radical (unpaired) electrons. The van der Waals surface area contributed by atoms with Crippen molar-refractivity contribution >= 4 is 39.1 Å². The third kappa shape index (κ3) is 2.97. The van der Waals surface area contributed by atoms with Crippen molar-refractivity contribution in [1.29, 1.82) is 0 Å². The Labute approximate surface area is 155 Å². The van der Waals surface area contributed by atoms with Gasteiger partial charge in [-0.25, -0.2) is 0 Å². The van der Waals surface area contributed by atoms with Gasteiger partial charge in [-0.15, -0.1) is 0 Å². The van der Waals surface area contributed by atoms with E-state index in [1.807, 2.05) is 48.5 Å². The fraction of sp³-hybridized carbons (Fsp3) is 0.136. The Morgan fingerprint density at radius 2 is 1.67 bits per heavy atom. The maximum Gasteiger partial charge on any atom is 0.167 e. The van der Waals surface area contributed by atoms with E-state index in [0.29, 0.717) is 0 Å². The highest BCUT2D eigenvalue weighted by molar-refractivity contribution is 14.1. The Bertz CT molecular complexity index is 989. The van der Waals surface area contributed by atoms with Crippen LogP contribution in [0.5, 0.6) is 0 Å². The first-order valence-corrected chi connectivity index (χ1v) is 9.14. The Balaban J connectivity index is 1.94. The molecule has 3 aromatic carbocycles. The summed E-state index contributed by atoms with van der Waals surface area (Å²) >= 11 is 2.30. The number of fused-ring (bicyclic) bond motifs is 1. The molecule has 0 heterocycles. The molecule has 0 atom stereocenters. The van der Waals surface area contributed by atoms with Crippen LogP contribution in [-0.2, 0) is 0 Å². The number of hydrogen-bond acceptors (Lipinski definition) is 1. The molecule has 0 N–H and O–H groups in total. The molecular weight excluding hydrogens is 407 g/mol. The summed E-state index contributed by atoms with van der Waals surface area (Å²) in [7, 11) is 0. The Hall–Kier alpha value is -2.12. The van der Waals surface area contributed by atoms with E-state index in [1.165, 1.54) is 0 Å². The van der Waals surface area contributed by atoms with Crippen LogP contribution in [0.2, 0.25) is 0 Å². The molecule has 1 saturated carbocycles. The largest absolute Gasteiger partial charge is 0.294 e. The second-order valence-corrected chi connectivity index (χ2v) is 7.25. The lowest BCUT2D eigenvalue weighted by atomic mass is 9.94. The monoisotopic (exact) mass is 422 g/mol. The first kappa shape index (κ1) is 15.4. The van der Waals surface area contributed by atoms with Crippen LogP contribution in [0.1, 0.15) is 34.3 Å². The molecule has 24 heavy (non-hydrogen) atoms. The van der Waals surface area contributed by atoms with E-state index in [0.717, 1.165) is 43.9 Å². The summed E-state index contributed by atoms with van der Waals surface area (Å²) in [6.45, 7) is 0. The smallest absolute Gasteiger partial charge is 0.167 e. The van der Waals surface area contributed by atoms with Crippen molar-refractivity contribution in [2.45, 2.75) is 12.8 Å². The Morgan fingerprint density at radius 3 is 2.42 bits per heavy atom. The van der Waals surface area contributed by atoms with Gasteiger partial charge in [-0.05, 0) is 64.4 Å². The minimum absolute atomic E-state index is 0.184. The summed E-state index contributed by atoms with van der Waals surface area (Å²) in [5, 5.41) is 2.13. The van der Waals surface area contributed by atoms with E-state index >= 15 is 0 Å². The second-order valence-electron chi connectivity index (χ2n) is 6.08. The molecule has 0 aromatic heterocycles. The molecular formula is C22H15IO. The number of carbonyl (C=O) groups excluding carboxylic acids is 1. The molecule has 2 heteroatoms. The lowest BCUT2D eigenvalue weighted by Crippen LogP contribution is -2.07. The molecule has 0 bridgehead atoms. The maximum absolute atomic E-state index is 12.9. The Morgan fingerprint density at radius 1 is 0.958 bits per heavy atom. The van der Waals surface area contributed by atoms with Gasteiger partial charge in [0.15, 0.2) is 5.78 Å². The number of carbonyl (C=O) groups is 1. The normalized spacial score (nSPS) is 13.4. The van der Waals surface area contributed by atoms with Crippen LogP contribution in [0.4, 0.5) is 0 Å². The summed E-state index contributed by atoms with van der Waals surface area (Å²) in [5.41, 5.74) is 2.64. The Kier molecular flexibility index (Phi) is 4.12. The van der Waals surface area contributed by atoms with E-state index in [1.54, 1.807) is 0 Å². The highest BCUT2D eigenvalue weighted by atomic mass is 127. The standard InChI is InChI=1S/C22H15IO/c23-20-14-17-8-4-5-9-18(17)21(22(24)16-11-12-16)19(20)13-10-15-6-2-1-3-7-15/h1-9,14,16H,11-12H2. The second kappa shape index (κ2) is 6.41. The fourth-order valence-corrected chi connectivity index (χ4v) is 3.64. The molecule has 3 aromatic rings. The molecule has 0 saturated heterocycles. The number of hydrogen-bond donors (Lipinski definition) is 0. The van der Waals surface area contributed by atoms with Gasteiger partial charge < -0.3 is 0 Å². The lowest BCUT2D eigenvalue weighted by molar-refractivity contribution is 0.0969. The summed E-state index contributed by atoms with van der Waals surface area (Å²) in [5.74, 6) is 6.93. The van der Waals surface area contributed by atoms with Crippen molar-refractivity contribution in [3.05, 3.63) is 80.9 Å². The van der Waals surface area contributed by atoms with Crippen molar-refractivity contribution in [3.63, 3.8) is 0 Å². The summed E-state index contributed by atoms with van der Waals surface area (Å²) < 4.78 is 1.04. The molecule has 0 aliphatic heterocycles. The molecule has 116 valence electrons. The van der Waals surface area contributed by atoms with Gasteiger partial charge in [0.2, 0.25) is 0 Å². The van der Waals surface area contributed by atoms with Gasteiger partial charge in [0.25, 0.3) is 0 Å². The van der Waals surface area contributed by atoms with Crippen LogP contribution < -0.4 is 0 Å². The van der Waals surface area contributed by atoms with Gasteiger partial charge in [0, 0.05) is 26.2 Å². The number of Topliss-reactive ketones (excluding diaryl/α,β-unsaturated/α-hetero) is 1. The quantitative estimate of drug-likeness (QED) is 0.306. The zero-order valence-corrected chi connectivity index (χ0v) is 15.2. The van der Waals surface area contributed by atoms with Crippen LogP contribution >= 0.6 is 22.6 Å². The van der Waals surface area contributed by atoms with Gasteiger partial charge in [0.1, 0.15) is 0 Å². The first-order chi connectivity index (χ1) is 11.7. The van der Waals surface area contributed by atoms with E-state index in [9.17, 15) is 4.79 Å². The van der Waals surface area contributed by atoms with Crippen LogP contribution in [0.25, 0.3) is 10.8 Å². The predicted octanol–water partition coefficient (Wildman–Crippen LogP) is 5.44. The predicted molar refractivity (Wildman–Crippen MR) is 106 cm³/mol.